The van der Waals surface area contributed by atoms with Crippen molar-refractivity contribution in [1.29, 1.82) is 0 Å². The average molecular weight is 481 g/mol. The number of benzene rings is 2. The maximum absolute atomic E-state index is 11.7. The van der Waals surface area contributed by atoms with Gasteiger partial charge in [0.15, 0.2) is 6.10 Å². The molecule has 0 amide bonds. The van der Waals surface area contributed by atoms with Crippen molar-refractivity contribution in [3.63, 3.8) is 0 Å². The summed E-state index contributed by atoms with van der Waals surface area (Å²) in [4.78, 5) is 11.7. The van der Waals surface area contributed by atoms with E-state index >= 15 is 0 Å². The van der Waals surface area contributed by atoms with Gasteiger partial charge in [0.2, 0.25) is 0 Å². The van der Waals surface area contributed by atoms with Crippen LogP contribution >= 0.6 is 0 Å². The van der Waals surface area contributed by atoms with E-state index in [4.69, 9.17) is 18.9 Å². The summed E-state index contributed by atoms with van der Waals surface area (Å²) in [6.45, 7) is 1.56. The van der Waals surface area contributed by atoms with Crippen LogP contribution in [-0.2, 0) is 15.8 Å². The van der Waals surface area contributed by atoms with E-state index in [2.05, 4.69) is 12.1 Å². The molecule has 6 heteroatoms. The summed E-state index contributed by atoms with van der Waals surface area (Å²) in [6.07, 6.45) is 9.12. The summed E-state index contributed by atoms with van der Waals surface area (Å²) >= 11 is 0. The molecule has 2 saturated carbocycles. The Morgan fingerprint density at radius 1 is 0.943 bits per heavy atom. The highest BCUT2D eigenvalue weighted by Crippen LogP contribution is 2.64. The largest absolute Gasteiger partial charge is 0.497 e. The Kier molecular flexibility index (Phi) is 6.32. The van der Waals surface area contributed by atoms with Gasteiger partial charge in [0.25, 0.3) is 0 Å². The van der Waals surface area contributed by atoms with E-state index in [0.29, 0.717) is 11.5 Å². The lowest BCUT2D eigenvalue weighted by Gasteiger charge is -2.59. The topological polar surface area (TPSA) is 74.2 Å². The van der Waals surface area contributed by atoms with Gasteiger partial charge in [-0.1, -0.05) is 31.7 Å². The minimum absolute atomic E-state index is 0.0220. The predicted molar refractivity (Wildman–Crippen MR) is 133 cm³/mol. The first kappa shape index (κ1) is 23.8. The normalized spacial score (nSPS) is 25.5. The fraction of sp³-hybridized carbons (Fsp3) is 0.552. The molecule has 0 unspecified atom stereocenters. The molecular formula is C29H36O6. The molecule has 0 bridgehead atoms. The van der Waals surface area contributed by atoms with Crippen molar-refractivity contribution in [3.05, 3.63) is 47.5 Å². The van der Waals surface area contributed by atoms with Crippen LogP contribution < -0.4 is 18.9 Å². The summed E-state index contributed by atoms with van der Waals surface area (Å²) < 4.78 is 24.2. The highest BCUT2D eigenvalue weighted by Gasteiger charge is 2.60. The molecule has 2 aliphatic carbocycles. The summed E-state index contributed by atoms with van der Waals surface area (Å²) in [5.74, 6) is 2.11. The average Bonchev–Trinajstić information content (AvgIpc) is 2.88. The first-order valence-corrected chi connectivity index (χ1v) is 12.9. The third kappa shape index (κ3) is 3.91. The fourth-order valence-electron chi connectivity index (χ4n) is 6.99. The minimum Gasteiger partial charge on any atom is -0.497 e. The number of rotatable bonds is 6. The zero-order valence-corrected chi connectivity index (χ0v) is 21.0. The van der Waals surface area contributed by atoms with Gasteiger partial charge in [0, 0.05) is 34.6 Å². The van der Waals surface area contributed by atoms with Gasteiger partial charge in [-0.05, 0) is 57.2 Å². The van der Waals surface area contributed by atoms with Crippen molar-refractivity contribution in [2.45, 2.75) is 81.8 Å². The van der Waals surface area contributed by atoms with Crippen LogP contribution in [0.4, 0.5) is 0 Å². The van der Waals surface area contributed by atoms with Gasteiger partial charge in [-0.25, -0.2) is 4.79 Å². The fourth-order valence-corrected chi connectivity index (χ4v) is 6.99. The van der Waals surface area contributed by atoms with Crippen LogP contribution in [0.1, 0.15) is 75.8 Å². The smallest absolute Gasteiger partial charge is 0.344 e. The Morgan fingerprint density at radius 3 is 2.29 bits per heavy atom. The molecule has 3 atom stereocenters. The number of carbonyl (C=O) groups is 1. The van der Waals surface area contributed by atoms with Gasteiger partial charge in [0.05, 0.1) is 14.2 Å². The van der Waals surface area contributed by atoms with Gasteiger partial charge < -0.3 is 24.1 Å². The molecule has 2 aromatic rings. The van der Waals surface area contributed by atoms with E-state index < -0.39 is 17.7 Å². The lowest BCUT2D eigenvalue weighted by Crippen LogP contribution is -2.57. The molecule has 1 N–H and O–H groups in total. The van der Waals surface area contributed by atoms with Crippen molar-refractivity contribution in [2.75, 3.05) is 14.2 Å². The third-order valence-corrected chi connectivity index (χ3v) is 8.58. The lowest BCUT2D eigenvalue weighted by molar-refractivity contribution is -0.144. The summed E-state index contributed by atoms with van der Waals surface area (Å²) in [5.41, 5.74) is 1.65. The highest BCUT2D eigenvalue weighted by molar-refractivity contribution is 5.72. The van der Waals surface area contributed by atoms with Crippen molar-refractivity contribution in [2.24, 2.45) is 5.92 Å². The SMILES string of the molecule is COc1ccc2c(c1)O[C@@]1(c3ccc(OC)cc3O[C@@H](C)C(=O)O)CCCC[C@@H]1C21CCCCC1. The van der Waals surface area contributed by atoms with E-state index in [1.807, 2.05) is 24.3 Å². The van der Waals surface area contributed by atoms with Crippen molar-refractivity contribution < 1.29 is 28.8 Å². The van der Waals surface area contributed by atoms with Gasteiger partial charge in [-0.2, -0.15) is 0 Å². The molecular weight excluding hydrogens is 444 g/mol. The van der Waals surface area contributed by atoms with Crippen LogP contribution in [0.2, 0.25) is 0 Å². The van der Waals surface area contributed by atoms with E-state index in [0.717, 1.165) is 49.2 Å². The molecule has 2 fully saturated rings. The molecule has 188 valence electrons. The number of hydrogen-bond acceptors (Lipinski definition) is 5. The van der Waals surface area contributed by atoms with Crippen LogP contribution in [0, 0.1) is 5.92 Å². The maximum atomic E-state index is 11.7. The molecule has 35 heavy (non-hydrogen) atoms. The van der Waals surface area contributed by atoms with Crippen LogP contribution in [0.5, 0.6) is 23.0 Å². The van der Waals surface area contributed by atoms with E-state index in [9.17, 15) is 9.90 Å². The van der Waals surface area contributed by atoms with Crippen molar-refractivity contribution in [3.8, 4) is 23.0 Å². The van der Waals surface area contributed by atoms with E-state index in [1.54, 1.807) is 21.1 Å². The second-order valence-electron chi connectivity index (χ2n) is 10.3. The van der Waals surface area contributed by atoms with Crippen molar-refractivity contribution >= 4 is 5.97 Å². The summed E-state index contributed by atoms with van der Waals surface area (Å²) in [6, 6.07) is 12.1. The Morgan fingerprint density at radius 2 is 1.60 bits per heavy atom. The first-order valence-electron chi connectivity index (χ1n) is 12.9. The predicted octanol–water partition coefficient (Wildman–Crippen LogP) is 6.24. The maximum Gasteiger partial charge on any atom is 0.344 e. The zero-order valence-electron chi connectivity index (χ0n) is 21.0. The Bertz CT molecular complexity index is 1090. The number of aliphatic carboxylic acids is 1. The van der Waals surface area contributed by atoms with Gasteiger partial charge in [-0.15, -0.1) is 0 Å². The zero-order chi connectivity index (χ0) is 24.6. The number of hydrogen-bond donors (Lipinski definition) is 1. The molecule has 0 aromatic heterocycles. The standard InChI is InChI=1S/C29H36O6/c1-19(27(30)31)34-24-17-20(32-2)11-13-23(24)29-16-8-5-9-26(29)28(14-6-4-7-15-28)22-12-10-21(33-3)18-25(22)35-29/h10-13,17-19,26H,4-9,14-16H2,1-3H3,(H,30,31)/t19-,26+,29+/m0/s1. The molecule has 1 spiro atoms. The Hall–Kier alpha value is -2.89. The molecule has 0 saturated heterocycles. The lowest BCUT2D eigenvalue weighted by atomic mass is 9.51. The van der Waals surface area contributed by atoms with Crippen LogP contribution in [-0.4, -0.2) is 31.4 Å². The molecule has 1 heterocycles. The second kappa shape index (κ2) is 9.29. The molecule has 5 rings (SSSR count). The highest BCUT2D eigenvalue weighted by atomic mass is 16.5. The number of fused-ring (bicyclic) bond motifs is 4. The molecule has 3 aliphatic rings. The molecule has 1 aliphatic heterocycles. The van der Waals surface area contributed by atoms with Crippen LogP contribution in [0.3, 0.4) is 0 Å². The number of methoxy groups -OCH3 is 2. The quantitative estimate of drug-likeness (QED) is 0.528. The van der Waals surface area contributed by atoms with Crippen molar-refractivity contribution in [1.82, 2.24) is 0 Å². The summed E-state index contributed by atoms with van der Waals surface area (Å²) in [5, 5.41) is 9.59. The van der Waals surface area contributed by atoms with Gasteiger partial charge in [0.1, 0.15) is 28.6 Å². The van der Waals surface area contributed by atoms with Gasteiger partial charge >= 0.3 is 5.97 Å². The van der Waals surface area contributed by atoms with Crippen LogP contribution in [0.15, 0.2) is 36.4 Å². The van der Waals surface area contributed by atoms with Gasteiger partial charge in [-0.3, -0.25) is 0 Å². The first-order chi connectivity index (χ1) is 16.9. The number of carboxylic acid groups (broad SMARTS) is 1. The monoisotopic (exact) mass is 480 g/mol. The minimum atomic E-state index is -1.00. The Balaban J connectivity index is 1.72. The summed E-state index contributed by atoms with van der Waals surface area (Å²) in [7, 11) is 3.29. The van der Waals surface area contributed by atoms with E-state index in [-0.39, 0.29) is 11.3 Å². The number of carboxylic acids is 1. The molecule has 6 nitrogen and oxygen atoms in total. The van der Waals surface area contributed by atoms with Crippen LogP contribution in [0.25, 0.3) is 0 Å². The molecule has 2 aromatic carbocycles. The third-order valence-electron chi connectivity index (χ3n) is 8.58. The number of ether oxygens (including phenoxy) is 4. The second-order valence-corrected chi connectivity index (χ2v) is 10.3. The Labute approximate surface area is 207 Å². The molecule has 0 radical (unpaired) electrons. The van der Waals surface area contributed by atoms with E-state index in [1.165, 1.54) is 31.2 Å².